The molecule has 2 aliphatic rings. The first-order chi connectivity index (χ1) is 11.5. The molecular formula is C21H29NO2. The van der Waals surface area contributed by atoms with Crippen molar-refractivity contribution in [3.63, 3.8) is 0 Å². The summed E-state index contributed by atoms with van der Waals surface area (Å²) in [5.74, 6) is 0.838. The van der Waals surface area contributed by atoms with E-state index in [-0.39, 0.29) is 11.8 Å². The van der Waals surface area contributed by atoms with Gasteiger partial charge in [0.05, 0.1) is 5.60 Å². The van der Waals surface area contributed by atoms with Gasteiger partial charge >= 0.3 is 0 Å². The topological polar surface area (TPSA) is 40.5 Å². The summed E-state index contributed by atoms with van der Waals surface area (Å²) in [6.07, 6.45) is 8.53. The third-order valence-corrected chi connectivity index (χ3v) is 5.76. The Morgan fingerprint density at radius 2 is 2.00 bits per heavy atom. The molecule has 0 spiro atoms. The van der Waals surface area contributed by atoms with Crippen LogP contribution >= 0.6 is 0 Å². The van der Waals surface area contributed by atoms with E-state index in [4.69, 9.17) is 0 Å². The van der Waals surface area contributed by atoms with Gasteiger partial charge in [-0.15, -0.1) is 0 Å². The maximum Gasteiger partial charge on any atom is 0.246 e. The Kier molecular flexibility index (Phi) is 5.09. The van der Waals surface area contributed by atoms with Crippen molar-refractivity contribution in [2.45, 2.75) is 57.5 Å². The summed E-state index contributed by atoms with van der Waals surface area (Å²) < 4.78 is 0. The second-order valence-electron chi connectivity index (χ2n) is 7.74. The van der Waals surface area contributed by atoms with E-state index in [0.29, 0.717) is 19.0 Å². The van der Waals surface area contributed by atoms with E-state index in [1.165, 1.54) is 12.0 Å². The fourth-order valence-corrected chi connectivity index (χ4v) is 4.04. The van der Waals surface area contributed by atoms with Gasteiger partial charge in [-0.1, -0.05) is 51.0 Å². The number of aliphatic hydroxyl groups is 1. The van der Waals surface area contributed by atoms with Gasteiger partial charge in [-0.25, -0.2) is 0 Å². The predicted molar refractivity (Wildman–Crippen MR) is 97.7 cm³/mol. The molecule has 0 unspecified atom stereocenters. The van der Waals surface area contributed by atoms with Crippen molar-refractivity contribution in [2.75, 3.05) is 13.1 Å². The number of rotatable bonds is 3. The molecular weight excluding hydrogens is 298 g/mol. The lowest BCUT2D eigenvalue weighted by Crippen LogP contribution is -2.54. The van der Waals surface area contributed by atoms with Gasteiger partial charge in [0, 0.05) is 25.1 Å². The molecule has 1 heterocycles. The molecule has 1 aliphatic heterocycles. The molecule has 1 saturated heterocycles. The number of amides is 1. The van der Waals surface area contributed by atoms with Crippen LogP contribution in [0.3, 0.4) is 0 Å². The maximum atomic E-state index is 12.5. The quantitative estimate of drug-likeness (QED) is 0.853. The van der Waals surface area contributed by atoms with Crippen molar-refractivity contribution in [3.8, 4) is 0 Å². The van der Waals surface area contributed by atoms with Crippen molar-refractivity contribution < 1.29 is 9.90 Å². The van der Waals surface area contributed by atoms with Crippen molar-refractivity contribution in [1.29, 1.82) is 0 Å². The van der Waals surface area contributed by atoms with Gasteiger partial charge in [0.2, 0.25) is 5.91 Å². The van der Waals surface area contributed by atoms with Gasteiger partial charge in [-0.05, 0) is 42.4 Å². The van der Waals surface area contributed by atoms with E-state index >= 15 is 0 Å². The van der Waals surface area contributed by atoms with Crippen LogP contribution in [0.15, 0.2) is 30.3 Å². The minimum atomic E-state index is -0.522. The molecule has 1 aliphatic carbocycles. The monoisotopic (exact) mass is 327 g/mol. The maximum absolute atomic E-state index is 12.5. The van der Waals surface area contributed by atoms with Gasteiger partial charge in [-0.2, -0.15) is 0 Å². The Bertz CT molecular complexity index is 605. The Hall–Kier alpha value is -1.61. The molecule has 2 atom stereocenters. The van der Waals surface area contributed by atoms with Crippen LogP contribution in [-0.4, -0.2) is 34.6 Å². The molecule has 130 valence electrons. The number of nitrogens with zero attached hydrogens (tertiary/aromatic N) is 1. The Morgan fingerprint density at radius 3 is 2.71 bits per heavy atom. The molecule has 1 aromatic carbocycles. The molecule has 0 radical (unpaired) electrons. The minimum Gasteiger partial charge on any atom is -0.389 e. The lowest BCUT2D eigenvalue weighted by atomic mass is 9.71. The number of likely N-dealkylation sites (tertiary alicyclic amines) is 1. The molecule has 1 aromatic rings. The summed E-state index contributed by atoms with van der Waals surface area (Å²) in [5.41, 5.74) is 1.84. The number of hydrogen-bond acceptors (Lipinski definition) is 2. The van der Waals surface area contributed by atoms with Crippen LogP contribution in [0.2, 0.25) is 0 Å². The van der Waals surface area contributed by atoms with Crippen molar-refractivity contribution in [3.05, 3.63) is 41.5 Å². The van der Waals surface area contributed by atoms with Crippen LogP contribution in [0, 0.1) is 5.92 Å². The first-order valence-corrected chi connectivity index (χ1v) is 9.27. The van der Waals surface area contributed by atoms with Gasteiger partial charge in [0.25, 0.3) is 0 Å². The van der Waals surface area contributed by atoms with Gasteiger partial charge in [0.15, 0.2) is 0 Å². The fourth-order valence-electron chi connectivity index (χ4n) is 4.04. The highest BCUT2D eigenvalue weighted by molar-refractivity contribution is 5.91. The SMILES string of the molecule is CC(C)c1ccc(/C=C/C(=O)N2CC[C@]3(O)CCCC[C@H]3C2)cc1. The minimum absolute atomic E-state index is 0.0653. The van der Waals surface area contributed by atoms with Gasteiger partial charge < -0.3 is 10.0 Å². The second kappa shape index (κ2) is 7.10. The van der Waals surface area contributed by atoms with Crippen LogP contribution in [0.4, 0.5) is 0 Å². The van der Waals surface area contributed by atoms with Crippen LogP contribution in [0.25, 0.3) is 6.08 Å². The molecule has 1 saturated carbocycles. The van der Waals surface area contributed by atoms with Crippen LogP contribution in [0.1, 0.15) is 63.0 Å². The number of piperidine rings is 1. The first kappa shape index (κ1) is 17.2. The zero-order chi connectivity index (χ0) is 17.2. The molecule has 24 heavy (non-hydrogen) atoms. The Labute approximate surface area is 145 Å². The largest absolute Gasteiger partial charge is 0.389 e. The number of carbonyl (C=O) groups excluding carboxylic acids is 1. The predicted octanol–water partition coefficient (Wildman–Crippen LogP) is 3.98. The zero-order valence-corrected chi connectivity index (χ0v) is 14.9. The number of hydrogen-bond donors (Lipinski definition) is 1. The zero-order valence-electron chi connectivity index (χ0n) is 14.9. The number of benzene rings is 1. The third kappa shape index (κ3) is 3.72. The summed E-state index contributed by atoms with van der Waals surface area (Å²) >= 11 is 0. The second-order valence-corrected chi connectivity index (χ2v) is 7.74. The van der Waals surface area contributed by atoms with E-state index in [1.807, 2.05) is 11.0 Å². The van der Waals surface area contributed by atoms with Gasteiger partial charge in [0.1, 0.15) is 0 Å². The summed E-state index contributed by atoms with van der Waals surface area (Å²) in [6, 6.07) is 8.38. The van der Waals surface area contributed by atoms with E-state index < -0.39 is 5.60 Å². The standard InChI is InChI=1S/C21H29NO2/c1-16(2)18-9-6-17(7-10-18)8-11-20(23)22-14-13-21(24)12-4-3-5-19(21)15-22/h6-11,16,19,24H,3-5,12-15H2,1-2H3/b11-8+/t19-,21+/m0/s1. The highest BCUT2D eigenvalue weighted by Crippen LogP contribution is 2.39. The number of carbonyl (C=O) groups is 1. The van der Waals surface area contributed by atoms with Crippen molar-refractivity contribution in [2.24, 2.45) is 5.92 Å². The van der Waals surface area contributed by atoms with Crippen molar-refractivity contribution in [1.82, 2.24) is 4.90 Å². The highest BCUT2D eigenvalue weighted by Gasteiger charge is 2.43. The normalized spacial score (nSPS) is 27.5. The molecule has 1 amide bonds. The van der Waals surface area contributed by atoms with E-state index in [1.54, 1.807) is 6.08 Å². The molecule has 1 N–H and O–H groups in total. The van der Waals surface area contributed by atoms with E-state index in [0.717, 1.165) is 31.2 Å². The molecule has 3 nitrogen and oxygen atoms in total. The van der Waals surface area contributed by atoms with Crippen molar-refractivity contribution >= 4 is 12.0 Å². The molecule has 3 heteroatoms. The molecule has 3 rings (SSSR count). The van der Waals surface area contributed by atoms with Crippen LogP contribution < -0.4 is 0 Å². The smallest absolute Gasteiger partial charge is 0.246 e. The van der Waals surface area contributed by atoms with Crippen LogP contribution in [0.5, 0.6) is 0 Å². The lowest BCUT2D eigenvalue weighted by molar-refractivity contribution is -0.138. The summed E-state index contributed by atoms with van der Waals surface area (Å²) in [5, 5.41) is 10.7. The number of fused-ring (bicyclic) bond motifs is 1. The first-order valence-electron chi connectivity index (χ1n) is 9.27. The summed E-state index contributed by atoms with van der Waals surface area (Å²) in [4.78, 5) is 14.4. The molecule has 0 aromatic heterocycles. The van der Waals surface area contributed by atoms with E-state index in [2.05, 4.69) is 38.1 Å². The average molecular weight is 327 g/mol. The fraction of sp³-hybridized carbons (Fsp3) is 0.571. The Morgan fingerprint density at radius 1 is 1.25 bits per heavy atom. The summed E-state index contributed by atoms with van der Waals surface area (Å²) in [7, 11) is 0. The molecule has 0 bridgehead atoms. The molecule has 2 fully saturated rings. The van der Waals surface area contributed by atoms with Crippen LogP contribution in [-0.2, 0) is 4.79 Å². The lowest BCUT2D eigenvalue weighted by Gasteiger charge is -2.47. The van der Waals surface area contributed by atoms with E-state index in [9.17, 15) is 9.90 Å². The summed E-state index contributed by atoms with van der Waals surface area (Å²) in [6.45, 7) is 5.72. The third-order valence-electron chi connectivity index (χ3n) is 5.76. The average Bonchev–Trinajstić information content (AvgIpc) is 2.59. The Balaban J connectivity index is 1.60. The van der Waals surface area contributed by atoms with Gasteiger partial charge in [-0.3, -0.25) is 4.79 Å². The highest BCUT2D eigenvalue weighted by atomic mass is 16.3.